The van der Waals surface area contributed by atoms with E-state index in [1.807, 2.05) is 18.2 Å². The molecule has 14 heavy (non-hydrogen) atoms. The fraction of sp³-hybridized carbons (Fsp3) is 0.385. The number of hydrogen-bond acceptors (Lipinski definition) is 1. The van der Waals surface area contributed by atoms with Crippen LogP contribution in [0.3, 0.4) is 0 Å². The summed E-state index contributed by atoms with van der Waals surface area (Å²) < 4.78 is 0. The van der Waals surface area contributed by atoms with Crippen LogP contribution in [0, 0.1) is 0 Å². The van der Waals surface area contributed by atoms with Crippen LogP contribution in [0.15, 0.2) is 36.4 Å². The molecule has 0 aliphatic heterocycles. The van der Waals surface area contributed by atoms with Crippen LogP contribution in [0.4, 0.5) is 0 Å². The highest BCUT2D eigenvalue weighted by atomic mass is 14.7. The van der Waals surface area contributed by atoms with Gasteiger partial charge in [-0.15, -0.1) is 0 Å². The van der Waals surface area contributed by atoms with Gasteiger partial charge in [-0.3, -0.25) is 0 Å². The third kappa shape index (κ3) is 3.00. The van der Waals surface area contributed by atoms with Crippen molar-refractivity contribution in [1.82, 2.24) is 0 Å². The Morgan fingerprint density at radius 2 is 1.71 bits per heavy atom. The van der Waals surface area contributed by atoms with E-state index in [1.54, 1.807) is 0 Å². The Balaban J connectivity index is 2.72. The van der Waals surface area contributed by atoms with Crippen molar-refractivity contribution < 1.29 is 0 Å². The van der Waals surface area contributed by atoms with Crippen molar-refractivity contribution in [1.29, 1.82) is 0 Å². The van der Waals surface area contributed by atoms with E-state index >= 15 is 0 Å². The first-order chi connectivity index (χ1) is 6.70. The minimum Gasteiger partial charge on any atom is -0.322 e. The van der Waals surface area contributed by atoms with Crippen molar-refractivity contribution in [2.45, 2.75) is 32.2 Å². The van der Waals surface area contributed by atoms with Crippen molar-refractivity contribution in [3.8, 4) is 0 Å². The monoisotopic (exact) mass is 189 g/mol. The summed E-state index contributed by atoms with van der Waals surface area (Å²) in [5.74, 6) is 0. The summed E-state index contributed by atoms with van der Waals surface area (Å²) in [7, 11) is 0. The smallest absolute Gasteiger partial charge is 0.0337 e. The Labute approximate surface area is 86.6 Å². The molecule has 1 nitrogen and oxygen atoms in total. The maximum Gasteiger partial charge on any atom is 0.0337 e. The zero-order valence-electron chi connectivity index (χ0n) is 9.03. The van der Waals surface area contributed by atoms with Crippen LogP contribution in [-0.4, -0.2) is 5.54 Å². The van der Waals surface area contributed by atoms with E-state index in [-0.39, 0.29) is 5.54 Å². The van der Waals surface area contributed by atoms with Crippen LogP contribution in [-0.2, 0) is 0 Å². The van der Waals surface area contributed by atoms with Crippen LogP contribution in [0.5, 0.6) is 0 Å². The van der Waals surface area contributed by atoms with Crippen LogP contribution in [0.25, 0.3) is 6.08 Å². The van der Waals surface area contributed by atoms with E-state index in [0.29, 0.717) is 0 Å². The molecule has 0 aliphatic carbocycles. The lowest BCUT2D eigenvalue weighted by Gasteiger charge is -2.21. The highest BCUT2D eigenvalue weighted by Crippen LogP contribution is 2.14. The molecule has 0 saturated heterocycles. The standard InChI is InChI=1S/C13H19N/c1-3-13(14,4-2)11-10-12-8-6-5-7-9-12/h5-11H,3-4,14H2,1-2H3/b11-10+. The normalized spacial score (nSPS) is 12.2. The second kappa shape index (κ2) is 4.97. The molecule has 1 aromatic carbocycles. The lowest BCUT2D eigenvalue weighted by atomic mass is 9.93. The highest BCUT2D eigenvalue weighted by molar-refractivity contribution is 5.50. The maximum absolute atomic E-state index is 6.16. The molecule has 1 rings (SSSR count). The largest absolute Gasteiger partial charge is 0.322 e. The van der Waals surface area contributed by atoms with Gasteiger partial charge in [0.05, 0.1) is 0 Å². The van der Waals surface area contributed by atoms with E-state index in [0.717, 1.165) is 12.8 Å². The fourth-order valence-corrected chi connectivity index (χ4v) is 1.31. The predicted octanol–water partition coefficient (Wildman–Crippen LogP) is 3.22. The Morgan fingerprint density at radius 1 is 1.14 bits per heavy atom. The quantitative estimate of drug-likeness (QED) is 0.773. The molecular formula is C13H19N. The summed E-state index contributed by atoms with van der Waals surface area (Å²) in [6.07, 6.45) is 6.18. The van der Waals surface area contributed by atoms with Gasteiger partial charge in [0.25, 0.3) is 0 Å². The van der Waals surface area contributed by atoms with Gasteiger partial charge in [0.2, 0.25) is 0 Å². The molecule has 0 bridgehead atoms. The number of hydrogen-bond donors (Lipinski definition) is 1. The summed E-state index contributed by atoms with van der Waals surface area (Å²) in [4.78, 5) is 0. The van der Waals surface area contributed by atoms with Gasteiger partial charge in [-0.1, -0.05) is 56.3 Å². The molecule has 1 aromatic rings. The molecule has 0 aliphatic rings. The molecule has 2 N–H and O–H groups in total. The summed E-state index contributed by atoms with van der Waals surface area (Å²) in [5, 5.41) is 0. The minimum atomic E-state index is -0.143. The lowest BCUT2D eigenvalue weighted by molar-refractivity contribution is 0.495. The van der Waals surface area contributed by atoms with Crippen LogP contribution in [0.2, 0.25) is 0 Å². The van der Waals surface area contributed by atoms with Crippen molar-refractivity contribution in [3.63, 3.8) is 0 Å². The highest BCUT2D eigenvalue weighted by Gasteiger charge is 2.14. The number of benzene rings is 1. The molecule has 0 saturated carbocycles. The zero-order valence-corrected chi connectivity index (χ0v) is 9.03. The Morgan fingerprint density at radius 3 is 2.21 bits per heavy atom. The number of rotatable bonds is 4. The predicted molar refractivity (Wildman–Crippen MR) is 63.0 cm³/mol. The third-order valence-electron chi connectivity index (χ3n) is 2.72. The van der Waals surface area contributed by atoms with Crippen molar-refractivity contribution >= 4 is 6.08 Å². The molecule has 0 unspecified atom stereocenters. The molecule has 0 aromatic heterocycles. The second-order valence-corrected chi connectivity index (χ2v) is 3.68. The third-order valence-corrected chi connectivity index (χ3v) is 2.72. The Bertz CT molecular complexity index is 283. The zero-order chi connectivity index (χ0) is 10.4. The van der Waals surface area contributed by atoms with Gasteiger partial charge in [-0.2, -0.15) is 0 Å². The van der Waals surface area contributed by atoms with Gasteiger partial charge >= 0.3 is 0 Å². The summed E-state index contributed by atoms with van der Waals surface area (Å²) in [6.45, 7) is 4.25. The van der Waals surface area contributed by atoms with E-state index in [9.17, 15) is 0 Å². The van der Waals surface area contributed by atoms with Gasteiger partial charge in [-0.25, -0.2) is 0 Å². The second-order valence-electron chi connectivity index (χ2n) is 3.68. The SMILES string of the molecule is CCC(N)(/C=C/c1ccccc1)CC. The molecule has 1 heteroatoms. The molecule has 76 valence electrons. The van der Waals surface area contributed by atoms with E-state index in [2.05, 4.69) is 38.1 Å². The van der Waals surface area contributed by atoms with Crippen molar-refractivity contribution in [2.75, 3.05) is 0 Å². The molecular weight excluding hydrogens is 170 g/mol. The summed E-state index contributed by atoms with van der Waals surface area (Å²) in [6, 6.07) is 10.3. The van der Waals surface area contributed by atoms with Crippen LogP contribution < -0.4 is 5.73 Å². The van der Waals surface area contributed by atoms with E-state index < -0.39 is 0 Å². The molecule has 0 spiro atoms. The molecule has 0 atom stereocenters. The van der Waals surface area contributed by atoms with Crippen LogP contribution in [0.1, 0.15) is 32.3 Å². The van der Waals surface area contributed by atoms with Gasteiger partial charge in [-0.05, 0) is 18.4 Å². The Hall–Kier alpha value is -1.08. The van der Waals surface area contributed by atoms with Gasteiger partial charge in [0, 0.05) is 5.54 Å². The van der Waals surface area contributed by atoms with Gasteiger partial charge in [0.1, 0.15) is 0 Å². The first-order valence-corrected chi connectivity index (χ1v) is 5.23. The fourth-order valence-electron chi connectivity index (χ4n) is 1.31. The van der Waals surface area contributed by atoms with Gasteiger partial charge in [0.15, 0.2) is 0 Å². The van der Waals surface area contributed by atoms with Gasteiger partial charge < -0.3 is 5.73 Å². The summed E-state index contributed by atoms with van der Waals surface area (Å²) >= 11 is 0. The lowest BCUT2D eigenvalue weighted by Crippen LogP contribution is -2.35. The number of nitrogens with two attached hydrogens (primary N) is 1. The first kappa shape index (κ1) is 11.0. The van der Waals surface area contributed by atoms with E-state index in [1.165, 1.54) is 5.56 Å². The molecule has 0 radical (unpaired) electrons. The molecule has 0 fully saturated rings. The van der Waals surface area contributed by atoms with E-state index in [4.69, 9.17) is 5.73 Å². The first-order valence-electron chi connectivity index (χ1n) is 5.23. The average molecular weight is 189 g/mol. The van der Waals surface area contributed by atoms with Crippen LogP contribution >= 0.6 is 0 Å². The summed E-state index contributed by atoms with van der Waals surface area (Å²) in [5.41, 5.74) is 7.23. The van der Waals surface area contributed by atoms with Crippen molar-refractivity contribution in [3.05, 3.63) is 42.0 Å². The maximum atomic E-state index is 6.16. The Kier molecular flexibility index (Phi) is 3.90. The topological polar surface area (TPSA) is 26.0 Å². The van der Waals surface area contributed by atoms with Crippen molar-refractivity contribution in [2.24, 2.45) is 5.73 Å². The average Bonchev–Trinajstić information content (AvgIpc) is 2.27. The molecule has 0 amide bonds. The minimum absolute atomic E-state index is 0.143. The molecule has 0 heterocycles.